The number of alkyl carbamates (subject to hydrolysis) is 1. The van der Waals surface area contributed by atoms with Gasteiger partial charge in [-0.25, -0.2) is 9.18 Å². The van der Waals surface area contributed by atoms with Crippen molar-refractivity contribution in [2.75, 3.05) is 7.11 Å². The molecule has 0 aliphatic carbocycles. The predicted molar refractivity (Wildman–Crippen MR) is 76.4 cm³/mol. The minimum atomic E-state index is -0.546. The molecule has 5 heteroatoms. The molecule has 0 aromatic heterocycles. The van der Waals surface area contributed by atoms with Gasteiger partial charge in [-0.15, -0.1) is 0 Å². The van der Waals surface area contributed by atoms with Gasteiger partial charge in [-0.2, -0.15) is 0 Å². The Bertz CT molecular complexity index is 602. The number of ether oxygens (including phenoxy) is 2. The van der Waals surface area contributed by atoms with Gasteiger partial charge >= 0.3 is 6.09 Å². The summed E-state index contributed by atoms with van der Waals surface area (Å²) in [6.07, 6.45) is -0.546. The van der Waals surface area contributed by atoms with E-state index in [2.05, 4.69) is 5.32 Å². The molecule has 0 unspecified atom stereocenters. The Kier molecular flexibility index (Phi) is 5.15. The zero-order chi connectivity index (χ0) is 15.1. The molecule has 0 saturated carbocycles. The van der Waals surface area contributed by atoms with Crippen molar-refractivity contribution in [3.05, 3.63) is 65.5 Å². The van der Waals surface area contributed by atoms with Crippen LogP contribution in [0, 0.1) is 5.82 Å². The Labute approximate surface area is 122 Å². The van der Waals surface area contributed by atoms with Gasteiger partial charge in [-0.05, 0) is 23.3 Å². The van der Waals surface area contributed by atoms with Gasteiger partial charge in [0.05, 0.1) is 7.11 Å². The molecule has 0 bridgehead atoms. The standard InChI is InChI=1S/C16H16FNO3/c1-20-15-8-7-13(9-14(15)17)10-18-16(19)21-11-12-5-3-2-4-6-12/h2-9H,10-11H2,1H3,(H,18,19). The van der Waals surface area contributed by atoms with Crippen LogP contribution in [0.1, 0.15) is 11.1 Å². The number of hydrogen-bond acceptors (Lipinski definition) is 3. The van der Waals surface area contributed by atoms with Gasteiger partial charge in [0.25, 0.3) is 0 Å². The fourth-order valence-electron chi connectivity index (χ4n) is 1.77. The van der Waals surface area contributed by atoms with Crippen LogP contribution in [-0.4, -0.2) is 13.2 Å². The van der Waals surface area contributed by atoms with Gasteiger partial charge in [-0.3, -0.25) is 0 Å². The summed E-state index contributed by atoms with van der Waals surface area (Å²) in [5.41, 5.74) is 1.54. The first-order valence-electron chi connectivity index (χ1n) is 6.46. The molecule has 110 valence electrons. The maximum Gasteiger partial charge on any atom is 0.407 e. The van der Waals surface area contributed by atoms with Crippen molar-refractivity contribution in [2.24, 2.45) is 0 Å². The lowest BCUT2D eigenvalue weighted by Crippen LogP contribution is -2.23. The number of halogens is 1. The summed E-state index contributed by atoms with van der Waals surface area (Å²) in [5.74, 6) is -0.292. The first-order valence-corrected chi connectivity index (χ1v) is 6.46. The average molecular weight is 289 g/mol. The van der Waals surface area contributed by atoms with Crippen molar-refractivity contribution in [2.45, 2.75) is 13.2 Å². The van der Waals surface area contributed by atoms with Crippen LogP contribution in [0.2, 0.25) is 0 Å². The third-order valence-electron chi connectivity index (χ3n) is 2.87. The van der Waals surface area contributed by atoms with Crippen LogP contribution in [-0.2, 0) is 17.9 Å². The molecular weight excluding hydrogens is 273 g/mol. The molecule has 0 spiro atoms. The van der Waals surface area contributed by atoms with Crippen LogP contribution in [0.3, 0.4) is 0 Å². The second-order valence-electron chi connectivity index (χ2n) is 4.38. The Hall–Kier alpha value is -2.56. The molecule has 0 fully saturated rings. The van der Waals surface area contributed by atoms with Gasteiger partial charge in [0.15, 0.2) is 11.6 Å². The molecule has 1 N–H and O–H groups in total. The summed E-state index contributed by atoms with van der Waals surface area (Å²) in [6, 6.07) is 13.9. The minimum absolute atomic E-state index is 0.172. The molecule has 2 rings (SSSR count). The molecule has 0 aliphatic heterocycles. The van der Waals surface area contributed by atoms with Crippen LogP contribution < -0.4 is 10.1 Å². The summed E-state index contributed by atoms with van der Waals surface area (Å²) in [5, 5.41) is 2.57. The number of rotatable bonds is 5. The van der Waals surface area contributed by atoms with E-state index in [1.165, 1.54) is 19.2 Å². The van der Waals surface area contributed by atoms with Crippen LogP contribution in [0.5, 0.6) is 5.75 Å². The Morgan fingerprint density at radius 2 is 1.90 bits per heavy atom. The molecule has 0 saturated heterocycles. The maximum absolute atomic E-state index is 13.5. The fourth-order valence-corrected chi connectivity index (χ4v) is 1.77. The smallest absolute Gasteiger partial charge is 0.407 e. The number of carbonyl (C=O) groups is 1. The summed E-state index contributed by atoms with van der Waals surface area (Å²) in [4.78, 5) is 11.5. The first kappa shape index (κ1) is 14.8. The monoisotopic (exact) mass is 289 g/mol. The summed E-state index contributed by atoms with van der Waals surface area (Å²) in [7, 11) is 1.40. The Morgan fingerprint density at radius 1 is 1.14 bits per heavy atom. The minimum Gasteiger partial charge on any atom is -0.494 e. The Morgan fingerprint density at radius 3 is 2.57 bits per heavy atom. The lowest BCUT2D eigenvalue weighted by Gasteiger charge is -2.08. The van der Waals surface area contributed by atoms with E-state index in [0.717, 1.165) is 5.56 Å². The largest absolute Gasteiger partial charge is 0.494 e. The summed E-state index contributed by atoms with van der Waals surface area (Å²) >= 11 is 0. The Balaban J connectivity index is 1.80. The highest BCUT2D eigenvalue weighted by Gasteiger charge is 2.06. The highest BCUT2D eigenvalue weighted by Crippen LogP contribution is 2.17. The number of nitrogens with one attached hydrogen (secondary N) is 1. The van der Waals surface area contributed by atoms with Gasteiger partial charge < -0.3 is 14.8 Å². The highest BCUT2D eigenvalue weighted by atomic mass is 19.1. The third kappa shape index (κ3) is 4.49. The van der Waals surface area contributed by atoms with Gasteiger partial charge in [0, 0.05) is 6.54 Å². The van der Waals surface area contributed by atoms with Gasteiger partial charge in [-0.1, -0.05) is 36.4 Å². The second-order valence-corrected chi connectivity index (χ2v) is 4.38. The molecule has 4 nitrogen and oxygen atoms in total. The molecular formula is C16H16FNO3. The normalized spacial score (nSPS) is 10.0. The number of amides is 1. The number of methoxy groups -OCH3 is 1. The van der Waals surface area contributed by atoms with E-state index >= 15 is 0 Å². The van der Waals surface area contributed by atoms with Crippen molar-refractivity contribution < 1.29 is 18.7 Å². The summed E-state index contributed by atoms with van der Waals surface area (Å²) < 4.78 is 23.4. The predicted octanol–water partition coefficient (Wildman–Crippen LogP) is 3.26. The first-order chi connectivity index (χ1) is 10.2. The molecule has 2 aromatic carbocycles. The number of carbonyl (C=O) groups excluding carboxylic acids is 1. The fraction of sp³-hybridized carbons (Fsp3) is 0.188. The lowest BCUT2D eigenvalue weighted by atomic mass is 10.2. The average Bonchev–Trinajstić information content (AvgIpc) is 2.52. The molecule has 0 aliphatic rings. The van der Waals surface area contributed by atoms with E-state index in [0.29, 0.717) is 5.56 Å². The van der Waals surface area contributed by atoms with E-state index < -0.39 is 11.9 Å². The van der Waals surface area contributed by atoms with Crippen molar-refractivity contribution >= 4 is 6.09 Å². The van der Waals surface area contributed by atoms with E-state index in [9.17, 15) is 9.18 Å². The second kappa shape index (κ2) is 7.28. The molecule has 2 aromatic rings. The van der Waals surface area contributed by atoms with Crippen LogP contribution in [0.15, 0.2) is 48.5 Å². The van der Waals surface area contributed by atoms with Crippen LogP contribution in [0.4, 0.5) is 9.18 Å². The van der Waals surface area contributed by atoms with Crippen molar-refractivity contribution in [1.29, 1.82) is 0 Å². The molecule has 0 heterocycles. The van der Waals surface area contributed by atoms with Crippen LogP contribution in [0.25, 0.3) is 0 Å². The van der Waals surface area contributed by atoms with Crippen molar-refractivity contribution in [3.8, 4) is 5.75 Å². The number of hydrogen-bond donors (Lipinski definition) is 1. The number of benzene rings is 2. The van der Waals surface area contributed by atoms with E-state index in [1.807, 2.05) is 30.3 Å². The van der Waals surface area contributed by atoms with Crippen LogP contribution >= 0.6 is 0 Å². The zero-order valence-corrected chi connectivity index (χ0v) is 11.6. The molecule has 1 amide bonds. The highest BCUT2D eigenvalue weighted by molar-refractivity contribution is 5.67. The SMILES string of the molecule is COc1ccc(CNC(=O)OCc2ccccc2)cc1F. The lowest BCUT2D eigenvalue weighted by molar-refractivity contribution is 0.139. The molecule has 0 atom stereocenters. The van der Waals surface area contributed by atoms with Gasteiger partial charge in [0.2, 0.25) is 0 Å². The maximum atomic E-state index is 13.5. The quantitative estimate of drug-likeness (QED) is 0.919. The summed E-state index contributed by atoms with van der Waals surface area (Å²) in [6.45, 7) is 0.387. The van der Waals surface area contributed by atoms with E-state index in [-0.39, 0.29) is 18.9 Å². The van der Waals surface area contributed by atoms with Gasteiger partial charge in [0.1, 0.15) is 6.61 Å². The molecule has 21 heavy (non-hydrogen) atoms. The third-order valence-corrected chi connectivity index (χ3v) is 2.87. The molecule has 0 radical (unpaired) electrons. The van der Waals surface area contributed by atoms with Crippen molar-refractivity contribution in [1.82, 2.24) is 5.32 Å². The topological polar surface area (TPSA) is 47.6 Å². The zero-order valence-electron chi connectivity index (χ0n) is 11.6. The van der Waals surface area contributed by atoms with Crippen molar-refractivity contribution in [3.63, 3.8) is 0 Å². The van der Waals surface area contributed by atoms with E-state index in [1.54, 1.807) is 6.07 Å². The van der Waals surface area contributed by atoms with E-state index in [4.69, 9.17) is 9.47 Å².